The molecule has 4 heteroatoms. The standard InChI is InChI=1S/C14H23NO2S/c1-11(2)8-9-18(16,17)15-14-7-5-6-13(10-14)12(3)4/h5-7,10-12,15H,8-9H2,1-4H3. The number of hydrogen-bond acceptors (Lipinski definition) is 2. The average molecular weight is 269 g/mol. The third-order valence-corrected chi connectivity index (χ3v) is 4.11. The summed E-state index contributed by atoms with van der Waals surface area (Å²) in [5, 5.41) is 0. The highest BCUT2D eigenvalue weighted by molar-refractivity contribution is 7.92. The summed E-state index contributed by atoms with van der Waals surface area (Å²) in [6.45, 7) is 8.22. The lowest BCUT2D eigenvalue weighted by molar-refractivity contribution is 0.578. The summed E-state index contributed by atoms with van der Waals surface area (Å²) in [5.74, 6) is 0.963. The minimum Gasteiger partial charge on any atom is -0.284 e. The Morgan fingerprint density at radius 3 is 2.39 bits per heavy atom. The van der Waals surface area contributed by atoms with Gasteiger partial charge in [0.25, 0.3) is 0 Å². The number of hydrogen-bond donors (Lipinski definition) is 1. The molecule has 0 fully saturated rings. The summed E-state index contributed by atoms with van der Waals surface area (Å²) >= 11 is 0. The van der Waals surface area contributed by atoms with Crippen molar-refractivity contribution in [1.82, 2.24) is 0 Å². The van der Waals surface area contributed by atoms with Gasteiger partial charge in [0.2, 0.25) is 10.0 Å². The molecule has 0 aromatic heterocycles. The summed E-state index contributed by atoms with van der Waals surface area (Å²) in [6, 6.07) is 7.59. The molecule has 0 heterocycles. The van der Waals surface area contributed by atoms with Gasteiger partial charge in [-0.25, -0.2) is 8.42 Å². The molecule has 0 aliphatic heterocycles. The molecule has 3 nitrogen and oxygen atoms in total. The molecule has 0 spiro atoms. The van der Waals surface area contributed by atoms with Crippen molar-refractivity contribution in [2.45, 2.75) is 40.0 Å². The van der Waals surface area contributed by atoms with Crippen molar-refractivity contribution in [2.24, 2.45) is 5.92 Å². The average Bonchev–Trinajstić information content (AvgIpc) is 2.26. The molecule has 18 heavy (non-hydrogen) atoms. The predicted molar refractivity (Wildman–Crippen MR) is 77.4 cm³/mol. The SMILES string of the molecule is CC(C)CCS(=O)(=O)Nc1cccc(C(C)C)c1. The van der Waals surface area contributed by atoms with Crippen LogP contribution in [-0.2, 0) is 10.0 Å². The predicted octanol–water partition coefficient (Wildman–Crippen LogP) is 3.60. The van der Waals surface area contributed by atoms with Crippen molar-refractivity contribution in [3.63, 3.8) is 0 Å². The molecular weight excluding hydrogens is 246 g/mol. The fourth-order valence-corrected chi connectivity index (χ4v) is 2.95. The topological polar surface area (TPSA) is 46.2 Å². The van der Waals surface area contributed by atoms with Crippen LogP contribution in [0.5, 0.6) is 0 Å². The number of sulfonamides is 1. The van der Waals surface area contributed by atoms with Crippen LogP contribution in [0.2, 0.25) is 0 Å². The van der Waals surface area contributed by atoms with Crippen LogP contribution >= 0.6 is 0 Å². The van der Waals surface area contributed by atoms with Gasteiger partial charge in [-0.2, -0.15) is 0 Å². The highest BCUT2D eigenvalue weighted by Crippen LogP contribution is 2.19. The van der Waals surface area contributed by atoms with Crippen molar-refractivity contribution < 1.29 is 8.42 Å². The Hall–Kier alpha value is -1.03. The molecule has 0 saturated carbocycles. The van der Waals surface area contributed by atoms with Crippen LogP contribution in [-0.4, -0.2) is 14.2 Å². The first kappa shape index (κ1) is 15.0. The molecule has 1 rings (SSSR count). The number of anilines is 1. The Morgan fingerprint density at radius 1 is 1.17 bits per heavy atom. The van der Waals surface area contributed by atoms with Gasteiger partial charge in [0.05, 0.1) is 5.75 Å². The van der Waals surface area contributed by atoms with Crippen molar-refractivity contribution in [1.29, 1.82) is 0 Å². The fourth-order valence-electron chi connectivity index (χ4n) is 1.58. The van der Waals surface area contributed by atoms with E-state index < -0.39 is 10.0 Å². The molecule has 0 atom stereocenters. The minimum absolute atomic E-state index is 0.177. The van der Waals surface area contributed by atoms with Crippen LogP contribution in [0.4, 0.5) is 5.69 Å². The van der Waals surface area contributed by atoms with E-state index in [-0.39, 0.29) is 5.75 Å². The maximum atomic E-state index is 11.9. The quantitative estimate of drug-likeness (QED) is 0.857. The monoisotopic (exact) mass is 269 g/mol. The van der Waals surface area contributed by atoms with E-state index in [0.717, 1.165) is 5.56 Å². The summed E-state index contributed by atoms with van der Waals surface area (Å²) in [7, 11) is -3.22. The number of benzene rings is 1. The summed E-state index contributed by atoms with van der Waals surface area (Å²) in [5.41, 5.74) is 1.80. The molecule has 0 aliphatic carbocycles. The Labute approximate surface area is 111 Å². The van der Waals surface area contributed by atoms with Crippen LogP contribution in [0.25, 0.3) is 0 Å². The van der Waals surface area contributed by atoms with Crippen LogP contribution in [0.15, 0.2) is 24.3 Å². The molecule has 0 amide bonds. The van der Waals surface area contributed by atoms with E-state index in [4.69, 9.17) is 0 Å². The maximum absolute atomic E-state index is 11.9. The highest BCUT2D eigenvalue weighted by atomic mass is 32.2. The lowest BCUT2D eigenvalue weighted by Crippen LogP contribution is -2.18. The van der Waals surface area contributed by atoms with Crippen LogP contribution < -0.4 is 4.72 Å². The lowest BCUT2D eigenvalue weighted by Gasteiger charge is -2.11. The van der Waals surface area contributed by atoms with E-state index in [1.807, 2.05) is 32.0 Å². The highest BCUT2D eigenvalue weighted by Gasteiger charge is 2.11. The molecule has 1 N–H and O–H groups in total. The van der Waals surface area contributed by atoms with Gasteiger partial charge < -0.3 is 0 Å². The van der Waals surface area contributed by atoms with E-state index in [0.29, 0.717) is 23.9 Å². The smallest absolute Gasteiger partial charge is 0.232 e. The molecule has 102 valence electrons. The Balaban J connectivity index is 2.75. The van der Waals surface area contributed by atoms with Crippen molar-refractivity contribution in [3.05, 3.63) is 29.8 Å². The van der Waals surface area contributed by atoms with Crippen molar-refractivity contribution >= 4 is 15.7 Å². The molecule has 0 aliphatic rings. The normalized spacial score (nSPS) is 12.1. The molecule has 0 unspecified atom stereocenters. The molecule has 0 bridgehead atoms. The second-order valence-corrected chi connectivity index (χ2v) is 7.23. The summed E-state index contributed by atoms with van der Waals surface area (Å²) in [6.07, 6.45) is 0.680. The largest absolute Gasteiger partial charge is 0.284 e. The fraction of sp³-hybridized carbons (Fsp3) is 0.571. The van der Waals surface area contributed by atoms with Crippen LogP contribution in [0, 0.1) is 5.92 Å². The van der Waals surface area contributed by atoms with Gasteiger partial charge in [-0.15, -0.1) is 0 Å². The van der Waals surface area contributed by atoms with Gasteiger partial charge in [0, 0.05) is 5.69 Å². The zero-order chi connectivity index (χ0) is 13.8. The van der Waals surface area contributed by atoms with E-state index in [1.165, 1.54) is 0 Å². The van der Waals surface area contributed by atoms with Crippen LogP contribution in [0.1, 0.15) is 45.6 Å². The summed E-state index contributed by atoms with van der Waals surface area (Å²) < 4.78 is 26.4. The zero-order valence-electron chi connectivity index (χ0n) is 11.6. The van der Waals surface area contributed by atoms with Gasteiger partial charge >= 0.3 is 0 Å². The second kappa shape index (κ2) is 6.23. The second-order valence-electron chi connectivity index (χ2n) is 5.38. The first-order valence-corrected chi connectivity index (χ1v) is 8.06. The van der Waals surface area contributed by atoms with E-state index in [2.05, 4.69) is 18.6 Å². The van der Waals surface area contributed by atoms with E-state index >= 15 is 0 Å². The van der Waals surface area contributed by atoms with Crippen molar-refractivity contribution in [2.75, 3.05) is 10.5 Å². The number of rotatable bonds is 6. The Kier molecular flexibility index (Phi) is 5.20. The minimum atomic E-state index is -3.22. The molecule has 0 radical (unpaired) electrons. The van der Waals surface area contributed by atoms with Gasteiger partial charge in [-0.05, 0) is 36.0 Å². The molecule has 1 aromatic rings. The zero-order valence-corrected chi connectivity index (χ0v) is 12.4. The van der Waals surface area contributed by atoms with Crippen LogP contribution in [0.3, 0.4) is 0 Å². The lowest BCUT2D eigenvalue weighted by atomic mass is 10.0. The Morgan fingerprint density at radius 2 is 1.83 bits per heavy atom. The third kappa shape index (κ3) is 5.08. The Bertz CT molecular complexity index is 478. The van der Waals surface area contributed by atoms with Gasteiger partial charge in [0.15, 0.2) is 0 Å². The summed E-state index contributed by atoms with van der Waals surface area (Å²) in [4.78, 5) is 0. The third-order valence-electron chi connectivity index (χ3n) is 2.79. The van der Waals surface area contributed by atoms with Gasteiger partial charge in [0.1, 0.15) is 0 Å². The first-order chi connectivity index (χ1) is 8.30. The van der Waals surface area contributed by atoms with E-state index in [9.17, 15) is 8.42 Å². The molecular formula is C14H23NO2S. The maximum Gasteiger partial charge on any atom is 0.232 e. The number of nitrogens with one attached hydrogen (secondary N) is 1. The van der Waals surface area contributed by atoms with Crippen molar-refractivity contribution in [3.8, 4) is 0 Å². The first-order valence-electron chi connectivity index (χ1n) is 6.40. The van der Waals surface area contributed by atoms with Gasteiger partial charge in [-0.3, -0.25) is 4.72 Å². The molecule has 0 saturated heterocycles. The molecule has 1 aromatic carbocycles. The van der Waals surface area contributed by atoms with Gasteiger partial charge in [-0.1, -0.05) is 39.8 Å². The van der Waals surface area contributed by atoms with E-state index in [1.54, 1.807) is 6.07 Å².